The van der Waals surface area contributed by atoms with E-state index in [0.717, 1.165) is 19.0 Å². The first-order valence-electron chi connectivity index (χ1n) is 8.21. The number of hydrogen-bond acceptors (Lipinski definition) is 3. The molecule has 0 amide bonds. The molecular formula is C18H26N2O. The fourth-order valence-electron chi connectivity index (χ4n) is 3.15. The Morgan fingerprint density at radius 1 is 1.33 bits per heavy atom. The van der Waals surface area contributed by atoms with Gasteiger partial charge < -0.3 is 9.64 Å². The quantitative estimate of drug-likeness (QED) is 0.711. The molecule has 0 spiro atoms. The maximum atomic E-state index is 9.03. The average Bonchev–Trinajstić information content (AvgIpc) is 2.53. The predicted molar refractivity (Wildman–Crippen MR) is 85.4 cm³/mol. The third kappa shape index (κ3) is 4.75. The Bertz CT molecular complexity index is 465. The van der Waals surface area contributed by atoms with Crippen LogP contribution in [0.25, 0.3) is 0 Å². The number of ether oxygens (including phenoxy) is 1. The second-order valence-corrected chi connectivity index (χ2v) is 5.78. The van der Waals surface area contributed by atoms with Crippen LogP contribution in [0.2, 0.25) is 0 Å². The van der Waals surface area contributed by atoms with E-state index in [2.05, 4.69) is 17.9 Å². The van der Waals surface area contributed by atoms with E-state index in [0.29, 0.717) is 17.9 Å². The maximum absolute atomic E-state index is 9.03. The van der Waals surface area contributed by atoms with Crippen LogP contribution in [0.1, 0.15) is 51.0 Å². The largest absolute Gasteiger partial charge is 0.492 e. The monoisotopic (exact) mass is 286 g/mol. The highest BCUT2D eigenvalue weighted by molar-refractivity contribution is 5.42. The topological polar surface area (TPSA) is 36.3 Å². The van der Waals surface area contributed by atoms with Crippen molar-refractivity contribution in [3.8, 4) is 11.8 Å². The highest BCUT2D eigenvalue weighted by atomic mass is 16.5. The minimum Gasteiger partial charge on any atom is -0.492 e. The number of nitriles is 1. The second kappa shape index (κ2) is 8.69. The minimum absolute atomic E-state index is 0.624. The summed E-state index contributed by atoms with van der Waals surface area (Å²) in [6, 6.07) is 10.4. The lowest BCUT2D eigenvalue weighted by Crippen LogP contribution is -2.40. The van der Waals surface area contributed by atoms with Gasteiger partial charge in [-0.25, -0.2) is 0 Å². The summed E-state index contributed by atoms with van der Waals surface area (Å²) in [6.07, 6.45) is 7.68. The molecule has 114 valence electrons. The van der Waals surface area contributed by atoms with E-state index in [4.69, 9.17) is 10.00 Å². The van der Waals surface area contributed by atoms with Crippen molar-refractivity contribution in [1.29, 1.82) is 5.26 Å². The molecule has 1 unspecified atom stereocenters. The lowest BCUT2D eigenvalue weighted by molar-refractivity contribution is 0.129. The van der Waals surface area contributed by atoms with Crippen LogP contribution >= 0.6 is 0 Å². The molecule has 3 heteroatoms. The molecule has 2 rings (SSSR count). The van der Waals surface area contributed by atoms with Gasteiger partial charge in [0.05, 0.1) is 12.2 Å². The number of benzene rings is 1. The Morgan fingerprint density at radius 3 is 3.00 bits per heavy atom. The van der Waals surface area contributed by atoms with Crippen LogP contribution in [-0.4, -0.2) is 30.6 Å². The van der Waals surface area contributed by atoms with Crippen molar-refractivity contribution in [2.24, 2.45) is 0 Å². The van der Waals surface area contributed by atoms with Gasteiger partial charge in [-0.2, -0.15) is 5.26 Å². The van der Waals surface area contributed by atoms with Crippen LogP contribution in [0.4, 0.5) is 0 Å². The molecule has 1 saturated heterocycles. The van der Waals surface area contributed by atoms with E-state index in [1.165, 1.54) is 38.6 Å². The Morgan fingerprint density at radius 2 is 2.19 bits per heavy atom. The van der Waals surface area contributed by atoms with E-state index < -0.39 is 0 Å². The standard InChI is InChI=1S/C18H26N2O/c1-2-8-17-10-5-6-12-20(17)13-7-14-21-18-11-4-3-9-16(18)15-19/h3-4,9,11,17H,2,5-8,10,12-14H2,1H3. The predicted octanol–water partition coefficient (Wildman–Crippen LogP) is 3.98. The van der Waals surface area contributed by atoms with Crippen LogP contribution in [0.5, 0.6) is 5.75 Å². The van der Waals surface area contributed by atoms with Crippen molar-refractivity contribution in [1.82, 2.24) is 4.90 Å². The molecule has 0 radical (unpaired) electrons. The van der Waals surface area contributed by atoms with Gasteiger partial charge in [0.1, 0.15) is 11.8 Å². The van der Waals surface area contributed by atoms with Crippen LogP contribution in [0.15, 0.2) is 24.3 Å². The lowest BCUT2D eigenvalue weighted by Gasteiger charge is -2.35. The summed E-state index contributed by atoms with van der Waals surface area (Å²) < 4.78 is 5.77. The molecule has 1 atom stereocenters. The summed E-state index contributed by atoms with van der Waals surface area (Å²) in [4.78, 5) is 2.63. The maximum Gasteiger partial charge on any atom is 0.137 e. The van der Waals surface area contributed by atoms with E-state index in [9.17, 15) is 0 Å². The van der Waals surface area contributed by atoms with Crippen LogP contribution in [-0.2, 0) is 0 Å². The molecule has 0 aromatic heterocycles. The van der Waals surface area contributed by atoms with Crippen molar-refractivity contribution in [2.75, 3.05) is 19.7 Å². The number of nitrogens with zero attached hydrogens (tertiary/aromatic N) is 2. The number of para-hydroxylation sites is 1. The van der Waals surface area contributed by atoms with Gasteiger partial charge in [0.25, 0.3) is 0 Å². The van der Waals surface area contributed by atoms with Crippen LogP contribution in [0.3, 0.4) is 0 Å². The molecule has 1 aromatic rings. The molecule has 3 nitrogen and oxygen atoms in total. The van der Waals surface area contributed by atoms with Crippen molar-refractivity contribution < 1.29 is 4.74 Å². The first-order valence-corrected chi connectivity index (χ1v) is 8.21. The summed E-state index contributed by atoms with van der Waals surface area (Å²) in [5.74, 6) is 0.712. The summed E-state index contributed by atoms with van der Waals surface area (Å²) in [5, 5.41) is 9.03. The average molecular weight is 286 g/mol. The lowest BCUT2D eigenvalue weighted by atomic mass is 9.98. The molecule has 21 heavy (non-hydrogen) atoms. The molecule has 0 bridgehead atoms. The molecule has 1 fully saturated rings. The number of likely N-dealkylation sites (tertiary alicyclic amines) is 1. The van der Waals surface area contributed by atoms with Crippen molar-refractivity contribution >= 4 is 0 Å². The molecule has 1 heterocycles. The van der Waals surface area contributed by atoms with E-state index in [-0.39, 0.29) is 0 Å². The molecule has 0 saturated carbocycles. The first-order chi connectivity index (χ1) is 10.3. The molecule has 1 aliphatic rings. The molecular weight excluding hydrogens is 260 g/mol. The van der Waals surface area contributed by atoms with Gasteiger partial charge in [0, 0.05) is 12.6 Å². The Labute approximate surface area is 128 Å². The fraction of sp³-hybridized carbons (Fsp3) is 0.611. The normalized spacial score (nSPS) is 19.1. The van der Waals surface area contributed by atoms with E-state index in [1.54, 1.807) is 6.07 Å². The number of rotatable bonds is 7. The second-order valence-electron chi connectivity index (χ2n) is 5.78. The summed E-state index contributed by atoms with van der Waals surface area (Å²) >= 11 is 0. The third-order valence-electron chi connectivity index (χ3n) is 4.23. The van der Waals surface area contributed by atoms with Gasteiger partial charge in [-0.05, 0) is 44.4 Å². The van der Waals surface area contributed by atoms with E-state index >= 15 is 0 Å². The van der Waals surface area contributed by atoms with Crippen molar-refractivity contribution in [3.05, 3.63) is 29.8 Å². The zero-order chi connectivity index (χ0) is 14.9. The SMILES string of the molecule is CCCC1CCCCN1CCCOc1ccccc1C#N. The minimum atomic E-state index is 0.624. The van der Waals surface area contributed by atoms with Crippen molar-refractivity contribution in [3.63, 3.8) is 0 Å². The van der Waals surface area contributed by atoms with Gasteiger partial charge in [-0.15, -0.1) is 0 Å². The third-order valence-corrected chi connectivity index (χ3v) is 4.23. The van der Waals surface area contributed by atoms with Crippen LogP contribution < -0.4 is 4.74 Å². The van der Waals surface area contributed by atoms with Crippen LogP contribution in [0, 0.1) is 11.3 Å². The Balaban J connectivity index is 1.75. The van der Waals surface area contributed by atoms with Gasteiger partial charge >= 0.3 is 0 Å². The summed E-state index contributed by atoms with van der Waals surface area (Å²) in [7, 11) is 0. The zero-order valence-electron chi connectivity index (χ0n) is 13.1. The zero-order valence-corrected chi connectivity index (χ0v) is 13.1. The first kappa shape index (κ1) is 15.9. The smallest absolute Gasteiger partial charge is 0.137 e. The summed E-state index contributed by atoms with van der Waals surface area (Å²) in [6.45, 7) is 5.31. The van der Waals surface area contributed by atoms with Gasteiger partial charge in [-0.3, -0.25) is 0 Å². The van der Waals surface area contributed by atoms with Gasteiger partial charge in [0.15, 0.2) is 0 Å². The molecule has 0 N–H and O–H groups in total. The van der Waals surface area contributed by atoms with Crippen molar-refractivity contribution in [2.45, 2.75) is 51.5 Å². The number of piperidine rings is 1. The van der Waals surface area contributed by atoms with Gasteiger partial charge in [0.2, 0.25) is 0 Å². The number of hydrogen-bond donors (Lipinski definition) is 0. The van der Waals surface area contributed by atoms with E-state index in [1.807, 2.05) is 18.2 Å². The fourth-order valence-corrected chi connectivity index (χ4v) is 3.15. The van der Waals surface area contributed by atoms with Gasteiger partial charge in [-0.1, -0.05) is 31.9 Å². The highest BCUT2D eigenvalue weighted by Gasteiger charge is 2.20. The molecule has 1 aliphatic heterocycles. The summed E-state index contributed by atoms with van der Waals surface area (Å²) in [5.41, 5.74) is 0.624. The molecule has 1 aromatic carbocycles. The molecule has 0 aliphatic carbocycles. The Hall–Kier alpha value is -1.53. The Kier molecular flexibility index (Phi) is 6.56. The highest BCUT2D eigenvalue weighted by Crippen LogP contribution is 2.21.